The third kappa shape index (κ3) is 7.09. The van der Waals surface area contributed by atoms with Gasteiger partial charge >= 0.3 is 0 Å². The molecular weight excluding hydrogens is 347 g/mol. The van der Waals surface area contributed by atoms with Gasteiger partial charge in [-0.25, -0.2) is 4.39 Å². The molecule has 0 aromatic heterocycles. The van der Waals surface area contributed by atoms with Crippen LogP contribution in [0.5, 0.6) is 5.75 Å². The lowest BCUT2D eigenvalue weighted by Crippen LogP contribution is -2.36. The second kappa shape index (κ2) is 9.16. The summed E-state index contributed by atoms with van der Waals surface area (Å²) in [5, 5.41) is 5.51. The van der Waals surface area contributed by atoms with Gasteiger partial charge in [0.1, 0.15) is 18.2 Å². The molecule has 2 amide bonds. The van der Waals surface area contributed by atoms with Gasteiger partial charge in [-0.2, -0.15) is 0 Å². The third-order valence-electron chi connectivity index (χ3n) is 3.73. The average molecular weight is 372 g/mol. The monoisotopic (exact) mass is 372 g/mol. The zero-order valence-electron chi connectivity index (χ0n) is 15.8. The minimum absolute atomic E-state index is 0.0944. The normalized spacial score (nSPS) is 11.0. The van der Waals surface area contributed by atoms with Crippen molar-refractivity contribution in [3.63, 3.8) is 0 Å². The molecule has 0 saturated carbocycles. The molecule has 144 valence electrons. The molecule has 2 aromatic carbocycles. The first-order valence-corrected chi connectivity index (χ1v) is 8.79. The summed E-state index contributed by atoms with van der Waals surface area (Å²) in [7, 11) is 0. The number of benzene rings is 2. The molecule has 0 fully saturated rings. The first kappa shape index (κ1) is 20.4. The van der Waals surface area contributed by atoms with Crippen LogP contribution in [0.15, 0.2) is 48.5 Å². The van der Waals surface area contributed by atoms with Crippen LogP contribution >= 0.6 is 0 Å². The summed E-state index contributed by atoms with van der Waals surface area (Å²) in [6, 6.07) is 13.2. The number of nitrogens with one attached hydrogen (secondary N) is 2. The van der Waals surface area contributed by atoms with E-state index >= 15 is 0 Å². The summed E-state index contributed by atoms with van der Waals surface area (Å²) in [6.07, 6.45) is 0.177. The molecule has 0 aliphatic carbocycles. The number of carbonyl (C=O) groups is 2. The predicted octanol–water partition coefficient (Wildman–Crippen LogP) is 3.90. The molecule has 0 aliphatic heterocycles. The second-order valence-electron chi connectivity index (χ2n) is 7.25. The number of ether oxygens (including phenoxy) is 1. The Kier molecular flexibility index (Phi) is 6.93. The fourth-order valence-corrected chi connectivity index (χ4v) is 2.24. The molecule has 0 atom stereocenters. The van der Waals surface area contributed by atoms with Crippen LogP contribution in [0.4, 0.5) is 10.1 Å². The van der Waals surface area contributed by atoms with Crippen LogP contribution in [0.3, 0.4) is 0 Å². The molecule has 2 N–H and O–H groups in total. The lowest BCUT2D eigenvalue weighted by molar-refractivity contribution is -0.128. The Morgan fingerprint density at radius 2 is 1.81 bits per heavy atom. The van der Waals surface area contributed by atoms with Crippen LogP contribution in [0, 0.1) is 11.2 Å². The molecule has 0 heterocycles. The number of carbonyl (C=O) groups excluding carboxylic acids is 2. The van der Waals surface area contributed by atoms with Gasteiger partial charge in [0.15, 0.2) is 0 Å². The molecule has 0 unspecified atom stereocenters. The van der Waals surface area contributed by atoms with Crippen molar-refractivity contribution in [3.05, 3.63) is 59.9 Å². The van der Waals surface area contributed by atoms with E-state index in [1.165, 1.54) is 12.1 Å². The summed E-state index contributed by atoms with van der Waals surface area (Å²) < 4.78 is 18.8. The number of hydrogen-bond donors (Lipinski definition) is 2. The minimum atomic E-state index is -0.482. The van der Waals surface area contributed by atoms with Crippen LogP contribution < -0.4 is 15.4 Å². The smallest absolute Gasteiger partial charge is 0.226 e. The Morgan fingerprint density at radius 3 is 2.52 bits per heavy atom. The molecule has 27 heavy (non-hydrogen) atoms. The molecule has 6 heteroatoms. The Hall–Kier alpha value is -2.89. The van der Waals surface area contributed by atoms with E-state index in [9.17, 15) is 14.0 Å². The molecule has 0 aliphatic rings. The predicted molar refractivity (Wildman–Crippen MR) is 103 cm³/mol. The highest BCUT2D eigenvalue weighted by Gasteiger charge is 2.20. The van der Waals surface area contributed by atoms with Gasteiger partial charge in [0.2, 0.25) is 11.8 Å². The summed E-state index contributed by atoms with van der Waals surface area (Å²) in [5.41, 5.74) is 0.835. The van der Waals surface area contributed by atoms with Crippen LogP contribution in [-0.4, -0.2) is 18.4 Å². The van der Waals surface area contributed by atoms with Crippen LogP contribution in [0.2, 0.25) is 0 Å². The maximum atomic E-state index is 13.2. The highest BCUT2D eigenvalue weighted by atomic mass is 19.1. The van der Waals surface area contributed by atoms with E-state index in [4.69, 9.17) is 4.74 Å². The van der Waals surface area contributed by atoms with E-state index in [0.29, 0.717) is 11.4 Å². The van der Waals surface area contributed by atoms with Crippen molar-refractivity contribution in [1.29, 1.82) is 0 Å². The van der Waals surface area contributed by atoms with Gasteiger partial charge < -0.3 is 15.4 Å². The summed E-state index contributed by atoms with van der Waals surface area (Å²) in [6.45, 7) is 5.96. The van der Waals surface area contributed by atoms with Crippen molar-refractivity contribution in [3.8, 4) is 5.75 Å². The number of hydrogen-bond acceptors (Lipinski definition) is 3. The molecule has 2 rings (SSSR count). The lowest BCUT2D eigenvalue weighted by atomic mass is 9.96. The van der Waals surface area contributed by atoms with Crippen molar-refractivity contribution in [1.82, 2.24) is 5.32 Å². The quantitative estimate of drug-likeness (QED) is 0.775. The van der Waals surface area contributed by atoms with Gasteiger partial charge in [-0.3, -0.25) is 9.59 Å². The molecule has 0 saturated heterocycles. The SMILES string of the molecule is CC(C)(C)C(=O)NCCC(=O)Nc1cccc(OCc2cccc(F)c2)c1. The van der Waals surface area contributed by atoms with Gasteiger partial charge in [-0.1, -0.05) is 39.0 Å². The number of anilines is 1. The summed E-state index contributed by atoms with van der Waals surface area (Å²) in [5.74, 6) is -0.0386. The van der Waals surface area contributed by atoms with Crippen LogP contribution in [-0.2, 0) is 16.2 Å². The second-order valence-corrected chi connectivity index (χ2v) is 7.25. The van der Waals surface area contributed by atoms with Crippen molar-refractivity contribution < 1.29 is 18.7 Å². The highest BCUT2D eigenvalue weighted by molar-refractivity contribution is 5.91. The van der Waals surface area contributed by atoms with Crippen molar-refractivity contribution in [2.45, 2.75) is 33.8 Å². The maximum absolute atomic E-state index is 13.2. The zero-order chi connectivity index (χ0) is 19.9. The highest BCUT2D eigenvalue weighted by Crippen LogP contribution is 2.19. The maximum Gasteiger partial charge on any atom is 0.226 e. The Morgan fingerprint density at radius 1 is 1.07 bits per heavy atom. The standard InChI is InChI=1S/C21H25FN2O3/c1-21(2,3)20(26)23-11-10-19(25)24-17-8-5-9-18(13-17)27-14-15-6-4-7-16(22)12-15/h4-9,12-13H,10-11,14H2,1-3H3,(H,23,26)(H,24,25). The van der Waals surface area contributed by atoms with Crippen molar-refractivity contribution >= 4 is 17.5 Å². The van der Waals surface area contributed by atoms with Gasteiger partial charge in [-0.15, -0.1) is 0 Å². The van der Waals surface area contributed by atoms with E-state index in [1.807, 2.05) is 20.8 Å². The van der Waals surface area contributed by atoms with E-state index in [-0.39, 0.29) is 37.2 Å². The number of halogens is 1. The van der Waals surface area contributed by atoms with Crippen LogP contribution in [0.25, 0.3) is 0 Å². The van der Waals surface area contributed by atoms with Gasteiger partial charge in [-0.05, 0) is 29.8 Å². The van der Waals surface area contributed by atoms with Gasteiger partial charge in [0, 0.05) is 30.1 Å². The first-order valence-electron chi connectivity index (χ1n) is 8.79. The van der Waals surface area contributed by atoms with E-state index in [0.717, 1.165) is 5.56 Å². The molecular formula is C21H25FN2O3. The Balaban J connectivity index is 1.82. The first-order chi connectivity index (χ1) is 12.7. The topological polar surface area (TPSA) is 67.4 Å². The molecule has 0 bridgehead atoms. The van der Waals surface area contributed by atoms with Gasteiger partial charge in [0.05, 0.1) is 0 Å². The third-order valence-corrected chi connectivity index (χ3v) is 3.73. The number of amides is 2. The minimum Gasteiger partial charge on any atom is -0.489 e. The van der Waals surface area contributed by atoms with Crippen molar-refractivity contribution in [2.24, 2.45) is 5.41 Å². The number of rotatable bonds is 7. The average Bonchev–Trinajstić information content (AvgIpc) is 2.59. The Bertz CT molecular complexity index is 800. The molecule has 2 aromatic rings. The fraction of sp³-hybridized carbons (Fsp3) is 0.333. The Labute approximate surface area is 158 Å². The zero-order valence-corrected chi connectivity index (χ0v) is 15.8. The van der Waals surface area contributed by atoms with Crippen LogP contribution in [0.1, 0.15) is 32.8 Å². The molecule has 5 nitrogen and oxygen atoms in total. The summed E-state index contributed by atoms with van der Waals surface area (Å²) >= 11 is 0. The fourth-order valence-electron chi connectivity index (χ4n) is 2.24. The molecule has 0 spiro atoms. The lowest BCUT2D eigenvalue weighted by Gasteiger charge is -2.17. The summed E-state index contributed by atoms with van der Waals surface area (Å²) in [4.78, 5) is 23.8. The molecule has 0 radical (unpaired) electrons. The van der Waals surface area contributed by atoms with E-state index in [1.54, 1.807) is 36.4 Å². The van der Waals surface area contributed by atoms with Crippen molar-refractivity contribution in [2.75, 3.05) is 11.9 Å². The van der Waals surface area contributed by atoms with E-state index in [2.05, 4.69) is 10.6 Å². The van der Waals surface area contributed by atoms with Gasteiger partial charge in [0.25, 0.3) is 0 Å². The largest absolute Gasteiger partial charge is 0.489 e. The van der Waals surface area contributed by atoms with E-state index < -0.39 is 5.41 Å².